The Labute approximate surface area is 115 Å². The Balaban J connectivity index is 2.45. The van der Waals surface area contributed by atoms with Crippen LogP contribution in [0, 0.1) is 0 Å². The average Bonchev–Trinajstić information content (AvgIpc) is 2.38. The molecular weight excluding hydrogens is 264 g/mol. The zero-order chi connectivity index (χ0) is 14.1. The van der Waals surface area contributed by atoms with Crippen molar-refractivity contribution in [3.8, 4) is 0 Å². The highest BCUT2D eigenvalue weighted by Gasteiger charge is 2.10. The summed E-state index contributed by atoms with van der Waals surface area (Å²) in [6, 6.07) is 7.33. The van der Waals surface area contributed by atoms with Gasteiger partial charge in [0.1, 0.15) is 0 Å². The third-order valence-electron chi connectivity index (χ3n) is 2.68. The van der Waals surface area contributed by atoms with Gasteiger partial charge in [-0.25, -0.2) is 13.1 Å². The Morgan fingerprint density at radius 3 is 2.68 bits per heavy atom. The van der Waals surface area contributed by atoms with Gasteiger partial charge >= 0.3 is 0 Å². The van der Waals surface area contributed by atoms with Crippen LogP contribution < -0.4 is 10.5 Å². The second-order valence-electron chi connectivity index (χ2n) is 4.38. The monoisotopic (exact) mass is 286 g/mol. The molecule has 6 heteroatoms. The van der Waals surface area contributed by atoms with Crippen molar-refractivity contribution in [1.29, 1.82) is 0 Å². The summed E-state index contributed by atoms with van der Waals surface area (Å²) < 4.78 is 31.2. The normalized spacial score (nSPS) is 11.7. The minimum absolute atomic E-state index is 0.00881. The molecule has 0 radical (unpaired) electrons. The van der Waals surface area contributed by atoms with Crippen LogP contribution in [0.2, 0.25) is 0 Å². The molecule has 5 nitrogen and oxygen atoms in total. The SMILES string of the molecule is COCCCCNS(=O)(=O)Cc1cccc(CN)c1. The summed E-state index contributed by atoms with van der Waals surface area (Å²) in [6.07, 6.45) is 1.62. The average molecular weight is 286 g/mol. The van der Waals surface area contributed by atoms with E-state index in [9.17, 15) is 8.42 Å². The zero-order valence-electron chi connectivity index (χ0n) is 11.3. The molecule has 0 saturated carbocycles. The molecule has 0 fully saturated rings. The lowest BCUT2D eigenvalue weighted by Crippen LogP contribution is -2.26. The Kier molecular flexibility index (Phi) is 7.01. The maximum Gasteiger partial charge on any atom is 0.215 e. The number of benzene rings is 1. The molecule has 108 valence electrons. The minimum Gasteiger partial charge on any atom is -0.385 e. The number of methoxy groups -OCH3 is 1. The van der Waals surface area contributed by atoms with Crippen molar-refractivity contribution in [2.24, 2.45) is 5.73 Å². The molecule has 0 aliphatic rings. The predicted molar refractivity (Wildman–Crippen MR) is 76.1 cm³/mol. The van der Waals surface area contributed by atoms with Crippen molar-refractivity contribution in [1.82, 2.24) is 4.72 Å². The molecule has 0 bridgehead atoms. The summed E-state index contributed by atoms with van der Waals surface area (Å²) in [6.45, 7) is 1.51. The number of ether oxygens (including phenoxy) is 1. The summed E-state index contributed by atoms with van der Waals surface area (Å²) in [5.74, 6) is -0.00881. The Morgan fingerprint density at radius 1 is 1.26 bits per heavy atom. The largest absolute Gasteiger partial charge is 0.385 e. The van der Waals surface area contributed by atoms with Gasteiger partial charge < -0.3 is 10.5 Å². The number of unbranched alkanes of at least 4 members (excludes halogenated alkanes) is 1. The molecule has 1 aromatic carbocycles. The Bertz CT molecular complexity index is 475. The van der Waals surface area contributed by atoms with E-state index in [0.717, 1.165) is 24.0 Å². The third-order valence-corrected chi connectivity index (χ3v) is 4.04. The van der Waals surface area contributed by atoms with Gasteiger partial charge in [-0.2, -0.15) is 0 Å². The number of hydrogen-bond donors (Lipinski definition) is 2. The smallest absolute Gasteiger partial charge is 0.215 e. The van der Waals surface area contributed by atoms with Gasteiger partial charge in [-0.15, -0.1) is 0 Å². The number of rotatable bonds is 9. The quantitative estimate of drug-likeness (QED) is 0.663. The van der Waals surface area contributed by atoms with Crippen molar-refractivity contribution in [3.63, 3.8) is 0 Å². The van der Waals surface area contributed by atoms with Crippen LogP contribution in [-0.4, -0.2) is 28.7 Å². The molecule has 19 heavy (non-hydrogen) atoms. The lowest BCUT2D eigenvalue weighted by Gasteiger charge is -2.07. The Morgan fingerprint density at radius 2 is 2.00 bits per heavy atom. The summed E-state index contributed by atoms with van der Waals surface area (Å²) in [5.41, 5.74) is 7.23. The van der Waals surface area contributed by atoms with E-state index in [4.69, 9.17) is 10.5 Å². The van der Waals surface area contributed by atoms with Crippen LogP contribution in [-0.2, 0) is 27.1 Å². The number of sulfonamides is 1. The van der Waals surface area contributed by atoms with Gasteiger partial charge in [0.25, 0.3) is 0 Å². The molecule has 0 saturated heterocycles. The van der Waals surface area contributed by atoms with Gasteiger partial charge in [-0.05, 0) is 24.0 Å². The molecule has 0 aromatic heterocycles. The van der Waals surface area contributed by atoms with Crippen LogP contribution in [0.3, 0.4) is 0 Å². The molecule has 0 heterocycles. The highest BCUT2D eigenvalue weighted by Crippen LogP contribution is 2.08. The molecule has 3 N–H and O–H groups in total. The number of hydrogen-bond acceptors (Lipinski definition) is 4. The van der Waals surface area contributed by atoms with Gasteiger partial charge in [0.15, 0.2) is 0 Å². The maximum absolute atomic E-state index is 11.9. The topological polar surface area (TPSA) is 81.4 Å². The van der Waals surface area contributed by atoms with Gasteiger partial charge in [0.2, 0.25) is 10.0 Å². The molecule has 0 unspecified atom stereocenters. The fourth-order valence-corrected chi connectivity index (χ4v) is 2.89. The minimum atomic E-state index is -3.28. The van der Waals surface area contributed by atoms with Crippen molar-refractivity contribution in [2.75, 3.05) is 20.3 Å². The molecule has 0 amide bonds. The summed E-state index contributed by atoms with van der Waals surface area (Å²) in [4.78, 5) is 0. The van der Waals surface area contributed by atoms with E-state index in [0.29, 0.717) is 19.7 Å². The molecule has 1 rings (SSSR count). The number of nitrogens with one attached hydrogen (secondary N) is 1. The summed E-state index contributed by atoms with van der Waals surface area (Å²) >= 11 is 0. The Hall–Kier alpha value is -0.950. The van der Waals surface area contributed by atoms with Crippen LogP contribution in [0.15, 0.2) is 24.3 Å². The van der Waals surface area contributed by atoms with Crippen molar-refractivity contribution >= 4 is 10.0 Å². The van der Waals surface area contributed by atoms with E-state index in [1.807, 2.05) is 18.2 Å². The van der Waals surface area contributed by atoms with Gasteiger partial charge in [-0.3, -0.25) is 0 Å². The second-order valence-corrected chi connectivity index (χ2v) is 6.18. The van der Waals surface area contributed by atoms with Crippen LogP contribution in [0.25, 0.3) is 0 Å². The lowest BCUT2D eigenvalue weighted by atomic mass is 10.1. The summed E-state index contributed by atoms with van der Waals surface area (Å²) in [5, 5.41) is 0. The second kappa shape index (κ2) is 8.27. The van der Waals surface area contributed by atoms with Gasteiger partial charge in [-0.1, -0.05) is 24.3 Å². The standard InChI is InChI=1S/C13H22N2O3S/c1-18-8-3-2-7-15-19(16,17)11-13-6-4-5-12(9-13)10-14/h4-6,9,15H,2-3,7-8,10-11,14H2,1H3. The molecule has 1 aromatic rings. The molecule has 0 aliphatic heterocycles. The third kappa shape index (κ3) is 6.68. The molecule has 0 spiro atoms. The van der Waals surface area contributed by atoms with Crippen molar-refractivity contribution in [3.05, 3.63) is 35.4 Å². The fraction of sp³-hybridized carbons (Fsp3) is 0.538. The highest BCUT2D eigenvalue weighted by molar-refractivity contribution is 7.88. The van der Waals surface area contributed by atoms with Crippen molar-refractivity contribution in [2.45, 2.75) is 25.1 Å². The van der Waals surface area contributed by atoms with Crippen LogP contribution in [0.5, 0.6) is 0 Å². The predicted octanol–water partition coefficient (Wildman–Crippen LogP) is 0.991. The van der Waals surface area contributed by atoms with Crippen molar-refractivity contribution < 1.29 is 13.2 Å². The van der Waals surface area contributed by atoms with E-state index in [1.54, 1.807) is 13.2 Å². The van der Waals surface area contributed by atoms with E-state index < -0.39 is 10.0 Å². The lowest BCUT2D eigenvalue weighted by molar-refractivity contribution is 0.193. The van der Waals surface area contributed by atoms with Gasteiger partial charge in [0.05, 0.1) is 5.75 Å². The first kappa shape index (κ1) is 16.1. The molecule has 0 atom stereocenters. The van der Waals surface area contributed by atoms with Crippen LogP contribution in [0.4, 0.5) is 0 Å². The maximum atomic E-state index is 11.9. The van der Waals surface area contributed by atoms with Crippen LogP contribution in [0.1, 0.15) is 24.0 Å². The van der Waals surface area contributed by atoms with Gasteiger partial charge in [0, 0.05) is 26.8 Å². The summed E-state index contributed by atoms with van der Waals surface area (Å²) in [7, 11) is -1.64. The van der Waals surface area contributed by atoms with E-state index in [2.05, 4.69) is 4.72 Å². The molecular formula is C13H22N2O3S. The first-order valence-corrected chi connectivity index (χ1v) is 7.97. The number of nitrogens with two attached hydrogens (primary N) is 1. The first-order chi connectivity index (χ1) is 9.07. The van der Waals surface area contributed by atoms with E-state index in [-0.39, 0.29) is 5.75 Å². The van der Waals surface area contributed by atoms with Crippen LogP contribution >= 0.6 is 0 Å². The first-order valence-electron chi connectivity index (χ1n) is 6.31. The fourth-order valence-electron chi connectivity index (χ4n) is 1.72. The molecule has 0 aliphatic carbocycles. The zero-order valence-corrected chi connectivity index (χ0v) is 12.1. The highest BCUT2D eigenvalue weighted by atomic mass is 32.2. The van der Waals surface area contributed by atoms with E-state index >= 15 is 0 Å². The van der Waals surface area contributed by atoms with E-state index in [1.165, 1.54) is 0 Å².